The van der Waals surface area contributed by atoms with Gasteiger partial charge < -0.3 is 4.90 Å². The van der Waals surface area contributed by atoms with Crippen LogP contribution in [0, 0.1) is 5.92 Å². The second kappa shape index (κ2) is 4.56. The number of amides is 1. The summed E-state index contributed by atoms with van der Waals surface area (Å²) in [6.45, 7) is -0.0861. The fourth-order valence-corrected chi connectivity index (χ4v) is 1.66. The predicted octanol–water partition coefficient (Wildman–Crippen LogP) is 0.960. The minimum Gasteiger partial charge on any atom is -0.340 e. The Bertz CT molecular complexity index is 214. The smallest absolute Gasteiger partial charge is 0.253 e. The summed E-state index contributed by atoms with van der Waals surface area (Å²) in [5.74, 6) is -0.661. The Balaban J connectivity index is 2.39. The van der Waals surface area contributed by atoms with E-state index in [1.807, 2.05) is 0 Å². The third kappa shape index (κ3) is 2.66. The first-order valence-electron chi connectivity index (χ1n) is 4.18. The summed E-state index contributed by atoms with van der Waals surface area (Å²) in [7, 11) is 0. The predicted molar refractivity (Wildman–Crippen MR) is 46.1 cm³/mol. The molecule has 5 heteroatoms. The van der Waals surface area contributed by atoms with Gasteiger partial charge in [0, 0.05) is 19.0 Å². The summed E-state index contributed by atoms with van der Waals surface area (Å²) in [6.07, 6.45) is 1.10. The van der Waals surface area contributed by atoms with Gasteiger partial charge >= 0.3 is 0 Å². The van der Waals surface area contributed by atoms with Crippen molar-refractivity contribution in [2.24, 2.45) is 5.92 Å². The van der Waals surface area contributed by atoms with Gasteiger partial charge in [-0.05, 0) is 24.4 Å². The summed E-state index contributed by atoms with van der Waals surface area (Å²) in [4.78, 5) is 23.0. The van der Waals surface area contributed by atoms with Gasteiger partial charge in [-0.3, -0.25) is 9.59 Å². The molecule has 1 saturated heterocycles. The van der Waals surface area contributed by atoms with E-state index in [0.717, 1.165) is 0 Å². The number of hydrogen-bond donors (Lipinski definition) is 0. The second-order valence-corrected chi connectivity index (χ2v) is 3.47. The first-order valence-corrected chi connectivity index (χ1v) is 4.56. The molecule has 0 unspecified atom stereocenters. The van der Waals surface area contributed by atoms with E-state index in [9.17, 15) is 14.0 Å². The molecule has 1 rings (SSSR count). The number of carbonyl (C=O) groups is 2. The molecule has 1 amide bonds. The summed E-state index contributed by atoms with van der Waals surface area (Å²) < 4.78 is 11.9. The maximum Gasteiger partial charge on any atom is 0.253 e. The molecule has 1 aliphatic rings. The van der Waals surface area contributed by atoms with E-state index < -0.39 is 12.6 Å². The van der Waals surface area contributed by atoms with Crippen LogP contribution in [0.1, 0.15) is 12.8 Å². The SMILES string of the molecule is O=C(Cl)C1CCN(C(=O)CF)CC1. The van der Waals surface area contributed by atoms with Crippen molar-refractivity contribution in [2.45, 2.75) is 12.8 Å². The summed E-state index contributed by atoms with van der Waals surface area (Å²) in [5.41, 5.74) is 0. The van der Waals surface area contributed by atoms with Crippen molar-refractivity contribution in [1.82, 2.24) is 4.90 Å². The first-order chi connectivity index (χ1) is 6.15. The summed E-state index contributed by atoms with van der Waals surface area (Å²) >= 11 is 5.30. The molecule has 13 heavy (non-hydrogen) atoms. The molecule has 0 spiro atoms. The van der Waals surface area contributed by atoms with Gasteiger partial charge in [-0.2, -0.15) is 0 Å². The van der Waals surface area contributed by atoms with Gasteiger partial charge in [0.25, 0.3) is 5.91 Å². The summed E-state index contributed by atoms with van der Waals surface area (Å²) in [6, 6.07) is 0. The number of alkyl halides is 1. The van der Waals surface area contributed by atoms with Gasteiger partial charge in [0.2, 0.25) is 5.24 Å². The summed E-state index contributed by atoms with van der Waals surface area (Å²) in [5, 5.41) is -0.354. The van der Waals surface area contributed by atoms with Crippen LogP contribution in [-0.2, 0) is 9.59 Å². The van der Waals surface area contributed by atoms with Crippen LogP contribution in [0.2, 0.25) is 0 Å². The van der Waals surface area contributed by atoms with Crippen LogP contribution in [-0.4, -0.2) is 35.8 Å². The molecule has 0 aromatic heterocycles. The lowest BCUT2D eigenvalue weighted by atomic mass is 9.98. The fourth-order valence-electron chi connectivity index (χ4n) is 1.44. The number of halogens is 2. The van der Waals surface area contributed by atoms with Crippen molar-refractivity contribution in [3.05, 3.63) is 0 Å². The lowest BCUT2D eigenvalue weighted by Gasteiger charge is -2.29. The van der Waals surface area contributed by atoms with E-state index in [-0.39, 0.29) is 11.2 Å². The Morgan fingerprint density at radius 1 is 1.38 bits per heavy atom. The third-order valence-corrected chi connectivity index (χ3v) is 2.59. The van der Waals surface area contributed by atoms with E-state index in [2.05, 4.69) is 0 Å². The molecule has 1 aliphatic heterocycles. The Labute approximate surface area is 80.8 Å². The van der Waals surface area contributed by atoms with E-state index >= 15 is 0 Å². The van der Waals surface area contributed by atoms with Gasteiger partial charge in [0.1, 0.15) is 0 Å². The minimum absolute atomic E-state index is 0.162. The van der Waals surface area contributed by atoms with Gasteiger partial charge in [-0.25, -0.2) is 4.39 Å². The topological polar surface area (TPSA) is 37.4 Å². The van der Waals surface area contributed by atoms with Crippen molar-refractivity contribution in [1.29, 1.82) is 0 Å². The number of likely N-dealkylation sites (tertiary alicyclic amines) is 1. The van der Waals surface area contributed by atoms with E-state index in [1.54, 1.807) is 0 Å². The number of piperidine rings is 1. The Kier molecular flexibility index (Phi) is 3.66. The van der Waals surface area contributed by atoms with Gasteiger partial charge in [0.05, 0.1) is 0 Å². The van der Waals surface area contributed by atoms with E-state index in [4.69, 9.17) is 11.6 Å². The number of nitrogens with zero attached hydrogens (tertiary/aromatic N) is 1. The molecular formula is C8H11ClFNO2. The second-order valence-electron chi connectivity index (χ2n) is 3.09. The van der Waals surface area contributed by atoms with Gasteiger partial charge in [-0.15, -0.1) is 0 Å². The lowest BCUT2D eigenvalue weighted by molar-refractivity contribution is -0.134. The zero-order chi connectivity index (χ0) is 9.84. The molecule has 1 heterocycles. The highest BCUT2D eigenvalue weighted by atomic mass is 35.5. The molecular weight excluding hydrogens is 197 g/mol. The average molecular weight is 208 g/mol. The third-order valence-electron chi connectivity index (χ3n) is 2.28. The highest BCUT2D eigenvalue weighted by Crippen LogP contribution is 2.19. The molecule has 0 aromatic carbocycles. The molecule has 3 nitrogen and oxygen atoms in total. The van der Waals surface area contributed by atoms with E-state index in [1.165, 1.54) is 4.90 Å². The zero-order valence-corrected chi connectivity index (χ0v) is 7.89. The highest BCUT2D eigenvalue weighted by Gasteiger charge is 2.25. The average Bonchev–Trinajstić information content (AvgIpc) is 2.17. The van der Waals surface area contributed by atoms with Crippen molar-refractivity contribution in [2.75, 3.05) is 19.8 Å². The molecule has 0 bridgehead atoms. The molecule has 0 aromatic rings. The number of carbonyl (C=O) groups excluding carboxylic acids is 2. The number of rotatable bonds is 2. The zero-order valence-electron chi connectivity index (χ0n) is 7.13. The molecule has 0 radical (unpaired) electrons. The Hall–Kier alpha value is -0.640. The van der Waals surface area contributed by atoms with Crippen LogP contribution in [0.15, 0.2) is 0 Å². The molecule has 74 valence electrons. The maximum atomic E-state index is 11.9. The quantitative estimate of drug-likeness (QED) is 0.633. The molecule has 0 atom stereocenters. The maximum absolute atomic E-state index is 11.9. The molecule has 1 fully saturated rings. The number of hydrogen-bond acceptors (Lipinski definition) is 2. The van der Waals surface area contributed by atoms with Crippen molar-refractivity contribution in [3.63, 3.8) is 0 Å². The monoisotopic (exact) mass is 207 g/mol. The van der Waals surface area contributed by atoms with Crippen molar-refractivity contribution >= 4 is 22.8 Å². The molecule has 0 N–H and O–H groups in total. The van der Waals surface area contributed by atoms with Crippen LogP contribution < -0.4 is 0 Å². The van der Waals surface area contributed by atoms with Crippen molar-refractivity contribution < 1.29 is 14.0 Å². The lowest BCUT2D eigenvalue weighted by Crippen LogP contribution is -2.40. The van der Waals surface area contributed by atoms with Crippen molar-refractivity contribution in [3.8, 4) is 0 Å². The standard InChI is InChI=1S/C8H11ClFNO2/c9-8(13)6-1-3-11(4-2-6)7(12)5-10/h6H,1-5H2. The van der Waals surface area contributed by atoms with Gasteiger partial charge in [-0.1, -0.05) is 0 Å². The van der Waals surface area contributed by atoms with E-state index in [0.29, 0.717) is 25.9 Å². The van der Waals surface area contributed by atoms with Crippen LogP contribution in [0.3, 0.4) is 0 Å². The fraction of sp³-hybridized carbons (Fsp3) is 0.750. The minimum atomic E-state index is -0.959. The molecule has 0 aliphatic carbocycles. The van der Waals surface area contributed by atoms with Crippen LogP contribution in [0.5, 0.6) is 0 Å². The normalized spacial score (nSPS) is 18.8. The first kappa shape index (κ1) is 10.4. The highest BCUT2D eigenvalue weighted by molar-refractivity contribution is 6.63. The van der Waals surface area contributed by atoms with Crippen LogP contribution in [0.4, 0.5) is 4.39 Å². The Morgan fingerprint density at radius 2 is 1.92 bits per heavy atom. The van der Waals surface area contributed by atoms with Crippen LogP contribution >= 0.6 is 11.6 Å². The van der Waals surface area contributed by atoms with Crippen LogP contribution in [0.25, 0.3) is 0 Å². The Morgan fingerprint density at radius 3 is 2.31 bits per heavy atom. The molecule has 0 saturated carbocycles. The largest absolute Gasteiger partial charge is 0.340 e. The van der Waals surface area contributed by atoms with Gasteiger partial charge in [0.15, 0.2) is 6.67 Å².